The number of nitrogens with zero attached hydrogens (tertiary/aromatic N) is 2. The number of alkyl halides is 2. The van der Waals surface area contributed by atoms with Crippen LogP contribution in [0.15, 0.2) is 60.8 Å². The van der Waals surface area contributed by atoms with Crippen LogP contribution < -0.4 is 0 Å². The minimum Gasteiger partial charge on any atom is -0.258 e. The summed E-state index contributed by atoms with van der Waals surface area (Å²) in [6.45, 7) is 5.54. The standard InChI is InChI=1S/C25H22F2N2O2/c1-17-9-10-22(29(30)31)19(15-17)16-25(2,3)13-11-20-21(24(26)27)12-14-28-23(20)18-7-5-4-6-8-18/h4-10,12,14-15,24H,16H2,1-3H3. The maximum atomic E-state index is 13.7. The first-order valence-corrected chi connectivity index (χ1v) is 9.77. The van der Waals surface area contributed by atoms with Gasteiger partial charge in [0, 0.05) is 34.4 Å². The molecule has 31 heavy (non-hydrogen) atoms. The van der Waals surface area contributed by atoms with E-state index in [1.54, 1.807) is 24.3 Å². The van der Waals surface area contributed by atoms with Crippen LogP contribution in [0.25, 0.3) is 11.3 Å². The van der Waals surface area contributed by atoms with Gasteiger partial charge in [-0.25, -0.2) is 8.78 Å². The zero-order valence-electron chi connectivity index (χ0n) is 17.5. The molecule has 158 valence electrons. The van der Waals surface area contributed by atoms with Crippen molar-refractivity contribution in [1.29, 1.82) is 0 Å². The van der Waals surface area contributed by atoms with Crippen molar-refractivity contribution in [2.24, 2.45) is 5.41 Å². The summed E-state index contributed by atoms with van der Waals surface area (Å²) < 4.78 is 27.4. The number of pyridine rings is 1. The Hall–Kier alpha value is -3.59. The van der Waals surface area contributed by atoms with Crippen LogP contribution in [0, 0.1) is 34.3 Å². The van der Waals surface area contributed by atoms with Crippen LogP contribution in [0.4, 0.5) is 14.5 Å². The number of benzene rings is 2. The first-order valence-electron chi connectivity index (χ1n) is 9.77. The molecule has 0 aliphatic heterocycles. The Labute approximate surface area is 180 Å². The van der Waals surface area contributed by atoms with Crippen LogP contribution in [-0.2, 0) is 6.42 Å². The van der Waals surface area contributed by atoms with Gasteiger partial charge in [-0.3, -0.25) is 15.1 Å². The fourth-order valence-corrected chi connectivity index (χ4v) is 3.39. The largest absolute Gasteiger partial charge is 0.272 e. The van der Waals surface area contributed by atoms with Crippen LogP contribution >= 0.6 is 0 Å². The molecule has 0 saturated carbocycles. The highest BCUT2D eigenvalue weighted by Gasteiger charge is 2.23. The van der Waals surface area contributed by atoms with Crippen molar-refractivity contribution in [3.05, 3.63) is 93.2 Å². The minimum atomic E-state index is -2.70. The lowest BCUT2D eigenvalue weighted by molar-refractivity contribution is -0.385. The molecule has 0 radical (unpaired) electrons. The molecular weight excluding hydrogens is 398 g/mol. The third-order valence-electron chi connectivity index (χ3n) is 4.86. The molecule has 0 saturated heterocycles. The van der Waals surface area contributed by atoms with Gasteiger partial charge in [0.2, 0.25) is 0 Å². The Bertz CT molecular complexity index is 1160. The number of rotatable bonds is 5. The molecule has 1 aromatic heterocycles. The average molecular weight is 420 g/mol. The number of hydrogen-bond donors (Lipinski definition) is 0. The molecule has 6 heteroatoms. The highest BCUT2D eigenvalue weighted by atomic mass is 19.3. The van der Waals surface area contributed by atoms with E-state index in [0.29, 0.717) is 23.2 Å². The zero-order chi connectivity index (χ0) is 22.6. The summed E-state index contributed by atoms with van der Waals surface area (Å²) in [5.74, 6) is 5.99. The van der Waals surface area contributed by atoms with E-state index in [2.05, 4.69) is 16.8 Å². The van der Waals surface area contributed by atoms with Gasteiger partial charge in [-0.15, -0.1) is 0 Å². The van der Waals surface area contributed by atoms with Crippen LogP contribution in [0.5, 0.6) is 0 Å². The van der Waals surface area contributed by atoms with E-state index in [9.17, 15) is 18.9 Å². The fourth-order valence-electron chi connectivity index (χ4n) is 3.39. The molecule has 0 aliphatic carbocycles. The van der Waals surface area contributed by atoms with Crippen LogP contribution in [0.3, 0.4) is 0 Å². The van der Waals surface area contributed by atoms with Gasteiger partial charge in [0.05, 0.1) is 16.2 Å². The summed E-state index contributed by atoms with van der Waals surface area (Å²) in [6.07, 6.45) is -1.03. The minimum absolute atomic E-state index is 0.0279. The summed E-state index contributed by atoms with van der Waals surface area (Å²) in [5, 5.41) is 11.4. The van der Waals surface area contributed by atoms with Crippen molar-refractivity contribution in [2.45, 2.75) is 33.6 Å². The Morgan fingerprint density at radius 2 is 1.84 bits per heavy atom. The lowest BCUT2D eigenvalue weighted by atomic mass is 9.85. The van der Waals surface area contributed by atoms with Crippen molar-refractivity contribution in [3.8, 4) is 23.1 Å². The Morgan fingerprint density at radius 1 is 1.13 bits per heavy atom. The molecule has 0 spiro atoms. The third-order valence-corrected chi connectivity index (χ3v) is 4.86. The first-order chi connectivity index (χ1) is 14.7. The summed E-state index contributed by atoms with van der Waals surface area (Å²) >= 11 is 0. The smallest absolute Gasteiger partial charge is 0.258 e. The molecule has 0 N–H and O–H groups in total. The van der Waals surface area contributed by atoms with Crippen LogP contribution in [-0.4, -0.2) is 9.91 Å². The molecule has 0 fully saturated rings. The average Bonchev–Trinajstić information content (AvgIpc) is 2.72. The number of nitro benzene ring substituents is 1. The number of nitro groups is 1. The van der Waals surface area contributed by atoms with Crippen molar-refractivity contribution < 1.29 is 13.7 Å². The van der Waals surface area contributed by atoms with Gasteiger partial charge < -0.3 is 0 Å². The Balaban J connectivity index is 2.05. The zero-order valence-corrected chi connectivity index (χ0v) is 17.5. The third kappa shape index (κ3) is 5.32. The van der Waals surface area contributed by atoms with E-state index in [4.69, 9.17) is 0 Å². The highest BCUT2D eigenvalue weighted by molar-refractivity contribution is 5.69. The molecule has 0 bridgehead atoms. The van der Waals surface area contributed by atoms with E-state index in [1.165, 1.54) is 18.3 Å². The van der Waals surface area contributed by atoms with Gasteiger partial charge in [-0.1, -0.05) is 53.8 Å². The second-order valence-electron chi connectivity index (χ2n) is 7.99. The summed E-state index contributed by atoms with van der Waals surface area (Å²) in [5.41, 5.74) is 1.89. The van der Waals surface area contributed by atoms with Gasteiger partial charge >= 0.3 is 0 Å². The normalized spacial score (nSPS) is 11.2. The van der Waals surface area contributed by atoms with E-state index >= 15 is 0 Å². The van der Waals surface area contributed by atoms with Gasteiger partial charge in [0.25, 0.3) is 12.1 Å². The first kappa shape index (κ1) is 22.1. The predicted octanol–water partition coefficient (Wildman–Crippen LogP) is 6.52. The van der Waals surface area contributed by atoms with Gasteiger partial charge in [0.15, 0.2) is 0 Å². The lowest BCUT2D eigenvalue weighted by Crippen LogP contribution is -2.14. The van der Waals surface area contributed by atoms with Crippen LogP contribution in [0.2, 0.25) is 0 Å². The van der Waals surface area contributed by atoms with Crippen molar-refractivity contribution in [1.82, 2.24) is 4.98 Å². The number of aryl methyl sites for hydroxylation is 1. The molecule has 3 aromatic rings. The Kier molecular flexibility index (Phi) is 6.45. The van der Waals surface area contributed by atoms with E-state index < -0.39 is 16.8 Å². The molecular formula is C25H22F2N2O2. The van der Waals surface area contributed by atoms with E-state index in [-0.39, 0.29) is 16.8 Å². The SMILES string of the molecule is Cc1ccc([N+](=O)[O-])c(CC(C)(C)C#Cc2c(C(F)F)ccnc2-c2ccccc2)c1. The second-order valence-corrected chi connectivity index (χ2v) is 7.99. The number of hydrogen-bond acceptors (Lipinski definition) is 3. The Morgan fingerprint density at radius 3 is 2.48 bits per heavy atom. The fraction of sp³-hybridized carbons (Fsp3) is 0.240. The second kappa shape index (κ2) is 9.05. The lowest BCUT2D eigenvalue weighted by Gasteiger charge is -2.18. The maximum absolute atomic E-state index is 13.7. The maximum Gasteiger partial charge on any atom is 0.272 e. The summed E-state index contributed by atoms with van der Waals surface area (Å²) in [4.78, 5) is 15.3. The topological polar surface area (TPSA) is 56.0 Å². The molecule has 4 nitrogen and oxygen atoms in total. The summed E-state index contributed by atoms with van der Waals surface area (Å²) in [7, 11) is 0. The number of aromatic nitrogens is 1. The molecule has 0 atom stereocenters. The van der Waals surface area contributed by atoms with E-state index in [1.807, 2.05) is 39.0 Å². The van der Waals surface area contributed by atoms with E-state index in [0.717, 1.165) is 5.56 Å². The molecule has 3 rings (SSSR count). The van der Waals surface area contributed by atoms with Crippen molar-refractivity contribution >= 4 is 5.69 Å². The quantitative estimate of drug-likeness (QED) is 0.268. The molecule has 1 heterocycles. The molecule has 0 amide bonds. The van der Waals surface area contributed by atoms with Crippen LogP contribution in [0.1, 0.15) is 42.5 Å². The predicted molar refractivity (Wildman–Crippen MR) is 117 cm³/mol. The van der Waals surface area contributed by atoms with Gasteiger partial charge in [-0.2, -0.15) is 0 Å². The van der Waals surface area contributed by atoms with Gasteiger partial charge in [-0.05, 0) is 39.3 Å². The van der Waals surface area contributed by atoms with Crippen molar-refractivity contribution in [3.63, 3.8) is 0 Å². The highest BCUT2D eigenvalue weighted by Crippen LogP contribution is 2.31. The van der Waals surface area contributed by atoms with Crippen molar-refractivity contribution in [2.75, 3.05) is 0 Å². The molecule has 0 unspecified atom stereocenters. The number of halogens is 2. The molecule has 0 aliphatic rings. The summed E-state index contributed by atoms with van der Waals surface area (Å²) in [6, 6.07) is 15.3. The molecule has 2 aromatic carbocycles. The monoisotopic (exact) mass is 420 g/mol. The van der Waals surface area contributed by atoms with Gasteiger partial charge in [0.1, 0.15) is 0 Å².